The molecule has 0 saturated carbocycles. The third-order valence-electron chi connectivity index (χ3n) is 6.12. The highest BCUT2D eigenvalue weighted by atomic mass is 127. The van der Waals surface area contributed by atoms with Crippen LogP contribution in [0.4, 0.5) is 5.69 Å². The number of anilines is 1. The van der Waals surface area contributed by atoms with Gasteiger partial charge in [-0.15, -0.1) is 0 Å². The van der Waals surface area contributed by atoms with Crippen LogP contribution < -0.4 is 4.90 Å². The summed E-state index contributed by atoms with van der Waals surface area (Å²) in [4.78, 5) is 14.9. The number of carbonyl (C=O) groups is 1. The van der Waals surface area contributed by atoms with Crippen molar-refractivity contribution in [2.45, 2.75) is 54.8 Å². The summed E-state index contributed by atoms with van der Waals surface area (Å²) in [6, 6.07) is 14.8. The Labute approximate surface area is 218 Å². The summed E-state index contributed by atoms with van der Waals surface area (Å²) >= 11 is 3.32. The third kappa shape index (κ3) is 6.95. The average molecular weight is 595 g/mol. The molecule has 0 aliphatic carbocycles. The number of fused-ring (bicyclic) bond motifs is 1. The first-order valence-corrected chi connectivity index (χ1v) is 13.8. The van der Waals surface area contributed by atoms with Crippen LogP contribution in [0.5, 0.6) is 0 Å². The Morgan fingerprint density at radius 3 is 2.71 bits per heavy atom. The normalized spacial score (nSPS) is 20.7. The van der Waals surface area contributed by atoms with Gasteiger partial charge in [-0.25, -0.2) is 0 Å². The lowest BCUT2D eigenvalue weighted by Gasteiger charge is -2.40. The highest BCUT2D eigenvalue weighted by molar-refractivity contribution is 14.1. The van der Waals surface area contributed by atoms with E-state index in [1.807, 2.05) is 24.3 Å². The number of aliphatic hydroxyl groups excluding tert-OH is 3. The second kappa shape index (κ2) is 12.9. The fourth-order valence-electron chi connectivity index (χ4n) is 4.24. The van der Waals surface area contributed by atoms with Crippen molar-refractivity contribution < 1.29 is 20.1 Å². The van der Waals surface area contributed by atoms with E-state index in [1.54, 1.807) is 6.08 Å². The number of hydrogen-bond donors (Lipinski definition) is 3. The Balaban J connectivity index is 1.76. The molecule has 34 heavy (non-hydrogen) atoms. The second-order valence-corrected chi connectivity index (χ2v) is 11.4. The van der Waals surface area contributed by atoms with E-state index in [4.69, 9.17) is 5.11 Å². The summed E-state index contributed by atoms with van der Waals surface area (Å²) < 4.78 is 0.735. The number of piperidine rings is 1. The van der Waals surface area contributed by atoms with Crippen LogP contribution in [-0.2, 0) is 4.79 Å². The molecule has 6 nitrogen and oxygen atoms in total. The zero-order valence-electron chi connectivity index (χ0n) is 19.2. The minimum Gasteiger partial charge on any atom is -0.394 e. The van der Waals surface area contributed by atoms with Gasteiger partial charge in [0, 0.05) is 28.0 Å². The molecule has 0 amide bonds. The fourth-order valence-corrected chi connectivity index (χ4v) is 5.91. The number of thioether (sulfide) groups is 1. The van der Waals surface area contributed by atoms with Gasteiger partial charge in [-0.1, -0.05) is 65.9 Å². The lowest BCUT2D eigenvalue weighted by atomic mass is 9.96. The summed E-state index contributed by atoms with van der Waals surface area (Å²) in [7, 11) is 0. The van der Waals surface area contributed by atoms with Crippen LogP contribution in [-0.4, -0.2) is 61.5 Å². The van der Waals surface area contributed by atoms with E-state index >= 15 is 0 Å². The van der Waals surface area contributed by atoms with Crippen LogP contribution in [0, 0.1) is 11.3 Å². The number of hydrogen-bond acceptors (Lipinski definition) is 7. The molecule has 2 aromatic rings. The number of benzene rings is 2. The number of nitrogens with zero attached hydrogens (tertiary/aromatic N) is 2. The van der Waals surface area contributed by atoms with Crippen LogP contribution in [0.1, 0.15) is 38.2 Å². The molecule has 1 aliphatic rings. The molecule has 4 atom stereocenters. The van der Waals surface area contributed by atoms with E-state index in [-0.39, 0.29) is 11.3 Å². The Morgan fingerprint density at radius 1 is 1.26 bits per heavy atom. The van der Waals surface area contributed by atoms with Gasteiger partial charge >= 0.3 is 0 Å². The largest absolute Gasteiger partial charge is 0.394 e. The van der Waals surface area contributed by atoms with Gasteiger partial charge in [0.2, 0.25) is 5.12 Å². The SMILES string of the molecule is CCCC1CC(I)CCN1c1ccc2cc(/C=C(\C#N)C(=O)SCC(O)C(O)CO)ccc2c1. The van der Waals surface area contributed by atoms with Crippen LogP contribution in [0.25, 0.3) is 16.8 Å². The first kappa shape index (κ1) is 27.0. The second-order valence-electron chi connectivity index (χ2n) is 8.63. The van der Waals surface area contributed by atoms with Crippen molar-refractivity contribution in [3.8, 4) is 6.07 Å². The van der Waals surface area contributed by atoms with Crippen molar-refractivity contribution in [2.75, 3.05) is 23.8 Å². The minimum absolute atomic E-state index is 0.0317. The van der Waals surface area contributed by atoms with Crippen molar-refractivity contribution in [3.05, 3.63) is 47.5 Å². The quantitative estimate of drug-likeness (QED) is 0.172. The van der Waals surface area contributed by atoms with E-state index in [9.17, 15) is 20.3 Å². The predicted octanol–water partition coefficient (Wildman–Crippen LogP) is 4.29. The highest BCUT2D eigenvalue weighted by Gasteiger charge is 2.26. The van der Waals surface area contributed by atoms with Gasteiger partial charge in [0.15, 0.2) is 0 Å². The number of carbonyl (C=O) groups excluding carboxylic acids is 1. The smallest absolute Gasteiger partial charge is 0.230 e. The molecule has 0 aromatic heterocycles. The van der Waals surface area contributed by atoms with E-state index in [0.29, 0.717) is 6.04 Å². The number of aliphatic hydroxyl groups is 3. The lowest BCUT2D eigenvalue weighted by Crippen LogP contribution is -2.42. The number of nitriles is 1. The standard InChI is InChI=1S/C26H31IN2O4S/c1-2-3-22-13-21(27)8-9-29(22)23-7-6-18-10-17(4-5-19(18)12-23)11-20(14-28)26(33)34-16-25(32)24(31)15-30/h4-7,10-12,21-22,24-25,30-32H,2-3,8-9,13,15-16H2,1H3/b20-11+. The van der Waals surface area contributed by atoms with E-state index in [2.05, 4.69) is 52.6 Å². The summed E-state index contributed by atoms with van der Waals surface area (Å²) in [5, 5.41) is 39.1. The number of rotatable bonds is 9. The maximum atomic E-state index is 12.4. The van der Waals surface area contributed by atoms with Gasteiger partial charge in [0.1, 0.15) is 17.7 Å². The van der Waals surface area contributed by atoms with Gasteiger partial charge in [-0.2, -0.15) is 5.26 Å². The predicted molar refractivity (Wildman–Crippen MR) is 147 cm³/mol. The van der Waals surface area contributed by atoms with E-state index in [0.717, 1.165) is 38.6 Å². The first-order valence-electron chi connectivity index (χ1n) is 11.6. The van der Waals surface area contributed by atoms with Crippen LogP contribution in [0.3, 0.4) is 0 Å². The Morgan fingerprint density at radius 2 is 2.00 bits per heavy atom. The van der Waals surface area contributed by atoms with Gasteiger partial charge in [-0.3, -0.25) is 4.79 Å². The lowest BCUT2D eigenvalue weighted by molar-refractivity contribution is -0.107. The van der Waals surface area contributed by atoms with Crippen molar-refractivity contribution >= 4 is 62.0 Å². The van der Waals surface area contributed by atoms with Crippen LogP contribution in [0.2, 0.25) is 0 Å². The fraction of sp³-hybridized carbons (Fsp3) is 0.462. The maximum Gasteiger partial charge on any atom is 0.230 e. The summed E-state index contributed by atoms with van der Waals surface area (Å²) in [5.74, 6) is -0.103. The minimum atomic E-state index is -1.31. The summed E-state index contributed by atoms with van der Waals surface area (Å²) in [6.45, 7) is 2.72. The van der Waals surface area contributed by atoms with Gasteiger partial charge in [-0.05, 0) is 59.9 Å². The topological polar surface area (TPSA) is 105 Å². The molecule has 0 spiro atoms. The molecule has 3 N–H and O–H groups in total. The molecule has 0 bridgehead atoms. The van der Waals surface area contributed by atoms with Gasteiger partial charge in [0.25, 0.3) is 0 Å². The summed E-state index contributed by atoms with van der Waals surface area (Å²) in [6.07, 6.45) is 3.77. The Bertz CT molecular complexity index is 1070. The zero-order chi connectivity index (χ0) is 24.7. The average Bonchev–Trinajstić information content (AvgIpc) is 2.85. The van der Waals surface area contributed by atoms with Crippen molar-refractivity contribution in [3.63, 3.8) is 0 Å². The molecular formula is C26H31IN2O4S. The van der Waals surface area contributed by atoms with E-state index in [1.165, 1.54) is 31.4 Å². The molecule has 1 fully saturated rings. The zero-order valence-corrected chi connectivity index (χ0v) is 22.2. The van der Waals surface area contributed by atoms with Crippen molar-refractivity contribution in [2.24, 2.45) is 0 Å². The maximum absolute atomic E-state index is 12.4. The molecule has 8 heteroatoms. The molecule has 3 rings (SSSR count). The molecule has 1 aliphatic heterocycles. The number of alkyl halides is 1. The van der Waals surface area contributed by atoms with Crippen LogP contribution in [0.15, 0.2) is 42.0 Å². The Kier molecular flexibility index (Phi) is 10.2. The van der Waals surface area contributed by atoms with Gasteiger partial charge in [0.05, 0.1) is 12.7 Å². The van der Waals surface area contributed by atoms with Crippen molar-refractivity contribution in [1.82, 2.24) is 0 Å². The van der Waals surface area contributed by atoms with Crippen molar-refractivity contribution in [1.29, 1.82) is 5.26 Å². The highest BCUT2D eigenvalue weighted by Crippen LogP contribution is 2.33. The molecule has 4 unspecified atom stereocenters. The monoisotopic (exact) mass is 594 g/mol. The molecule has 1 heterocycles. The summed E-state index contributed by atoms with van der Waals surface area (Å²) in [5.41, 5.74) is 1.96. The molecule has 1 saturated heterocycles. The van der Waals surface area contributed by atoms with Crippen LogP contribution >= 0.6 is 34.4 Å². The first-order chi connectivity index (χ1) is 16.4. The Hall–Kier alpha value is -1.64. The van der Waals surface area contributed by atoms with E-state index < -0.39 is 23.9 Å². The number of halogens is 1. The third-order valence-corrected chi connectivity index (χ3v) is 8.24. The molecular weight excluding hydrogens is 563 g/mol. The molecule has 182 valence electrons. The van der Waals surface area contributed by atoms with Gasteiger partial charge < -0.3 is 20.2 Å². The molecule has 2 aromatic carbocycles. The molecule has 0 radical (unpaired) electrons.